The van der Waals surface area contributed by atoms with Crippen molar-refractivity contribution in [2.24, 2.45) is 0 Å². The molecule has 0 aliphatic rings. The molecule has 0 saturated heterocycles. The zero-order valence-electron chi connectivity index (χ0n) is 13.0. The third-order valence-electron chi connectivity index (χ3n) is 3.21. The highest BCUT2D eigenvalue weighted by atomic mass is 16.5. The average molecular weight is 326 g/mol. The van der Waals surface area contributed by atoms with Crippen molar-refractivity contribution in [1.82, 2.24) is 0 Å². The second kappa shape index (κ2) is 8.73. The molecule has 0 aliphatic carbocycles. The van der Waals surface area contributed by atoms with E-state index in [1.165, 1.54) is 0 Å². The SMILES string of the molecule is C#CCOc1ccc(C(=O)c2ccc(OCC(O)CO)cc2)cc1. The summed E-state index contributed by atoms with van der Waals surface area (Å²) in [5.74, 6) is 3.37. The second-order valence-electron chi connectivity index (χ2n) is 5.02. The first kappa shape index (κ1) is 17.5. The topological polar surface area (TPSA) is 76.0 Å². The van der Waals surface area contributed by atoms with Crippen LogP contribution in [0.1, 0.15) is 15.9 Å². The molecular weight excluding hydrogens is 308 g/mol. The third kappa shape index (κ3) is 4.85. The molecule has 0 aliphatic heterocycles. The first-order chi connectivity index (χ1) is 11.6. The first-order valence-electron chi connectivity index (χ1n) is 7.37. The van der Waals surface area contributed by atoms with Gasteiger partial charge in [0.15, 0.2) is 5.78 Å². The lowest BCUT2D eigenvalue weighted by Crippen LogP contribution is -2.21. The molecule has 2 N–H and O–H groups in total. The summed E-state index contributed by atoms with van der Waals surface area (Å²) in [6.45, 7) is -0.194. The molecule has 0 bridgehead atoms. The molecule has 0 aromatic heterocycles. The number of terminal acetylenes is 1. The number of rotatable bonds is 8. The lowest BCUT2D eigenvalue weighted by Gasteiger charge is -2.10. The van der Waals surface area contributed by atoms with Gasteiger partial charge in [0.25, 0.3) is 0 Å². The summed E-state index contributed by atoms with van der Waals surface area (Å²) in [6, 6.07) is 13.3. The van der Waals surface area contributed by atoms with Crippen molar-refractivity contribution in [3.05, 3.63) is 59.7 Å². The van der Waals surface area contributed by atoms with Crippen molar-refractivity contribution < 1.29 is 24.5 Å². The summed E-state index contributed by atoms with van der Waals surface area (Å²) in [6.07, 6.45) is 4.19. The summed E-state index contributed by atoms with van der Waals surface area (Å²) < 4.78 is 10.6. The fourth-order valence-electron chi connectivity index (χ4n) is 1.94. The zero-order valence-corrected chi connectivity index (χ0v) is 13.0. The highest BCUT2D eigenvalue weighted by Gasteiger charge is 2.10. The van der Waals surface area contributed by atoms with Gasteiger partial charge in [-0.05, 0) is 48.5 Å². The van der Waals surface area contributed by atoms with Gasteiger partial charge in [0.1, 0.15) is 30.8 Å². The van der Waals surface area contributed by atoms with E-state index >= 15 is 0 Å². The van der Waals surface area contributed by atoms with Gasteiger partial charge in [-0.1, -0.05) is 5.92 Å². The van der Waals surface area contributed by atoms with E-state index in [-0.39, 0.29) is 25.6 Å². The van der Waals surface area contributed by atoms with Crippen LogP contribution in [0.15, 0.2) is 48.5 Å². The normalized spacial score (nSPS) is 11.4. The number of hydrogen-bond donors (Lipinski definition) is 2. The maximum Gasteiger partial charge on any atom is 0.193 e. The number of ketones is 1. The molecule has 1 atom stereocenters. The van der Waals surface area contributed by atoms with E-state index in [0.29, 0.717) is 22.6 Å². The van der Waals surface area contributed by atoms with Crippen molar-refractivity contribution in [2.75, 3.05) is 19.8 Å². The van der Waals surface area contributed by atoms with E-state index in [4.69, 9.17) is 21.0 Å². The van der Waals surface area contributed by atoms with E-state index in [0.717, 1.165) is 0 Å². The highest BCUT2D eigenvalue weighted by Crippen LogP contribution is 2.18. The molecule has 5 nitrogen and oxygen atoms in total. The van der Waals surface area contributed by atoms with Gasteiger partial charge in [0, 0.05) is 11.1 Å². The third-order valence-corrected chi connectivity index (χ3v) is 3.21. The molecule has 0 fully saturated rings. The van der Waals surface area contributed by atoms with Gasteiger partial charge in [0.05, 0.1) is 6.61 Å². The van der Waals surface area contributed by atoms with Gasteiger partial charge in [0.2, 0.25) is 0 Å². The minimum absolute atomic E-state index is 0.0110. The van der Waals surface area contributed by atoms with Gasteiger partial charge in [-0.25, -0.2) is 0 Å². The van der Waals surface area contributed by atoms with Crippen LogP contribution in [0, 0.1) is 12.3 Å². The van der Waals surface area contributed by atoms with E-state index in [2.05, 4.69) is 5.92 Å². The van der Waals surface area contributed by atoms with E-state index in [1.807, 2.05) is 0 Å². The summed E-state index contributed by atoms with van der Waals surface area (Å²) in [7, 11) is 0. The monoisotopic (exact) mass is 326 g/mol. The summed E-state index contributed by atoms with van der Waals surface area (Å²) in [4.78, 5) is 12.4. The Labute approximate surface area is 140 Å². The van der Waals surface area contributed by atoms with Crippen molar-refractivity contribution in [3.63, 3.8) is 0 Å². The van der Waals surface area contributed by atoms with Crippen molar-refractivity contribution in [1.29, 1.82) is 0 Å². The van der Waals surface area contributed by atoms with Crippen LogP contribution in [0.2, 0.25) is 0 Å². The van der Waals surface area contributed by atoms with Crippen LogP contribution in [0.5, 0.6) is 11.5 Å². The molecular formula is C19H18O5. The number of carbonyl (C=O) groups excluding carboxylic acids is 1. The molecule has 124 valence electrons. The van der Waals surface area contributed by atoms with Gasteiger partial charge >= 0.3 is 0 Å². The van der Waals surface area contributed by atoms with Crippen LogP contribution < -0.4 is 9.47 Å². The number of carbonyl (C=O) groups is 1. The van der Waals surface area contributed by atoms with E-state index < -0.39 is 6.10 Å². The number of ether oxygens (including phenoxy) is 2. The number of aliphatic hydroxyl groups is 2. The lowest BCUT2D eigenvalue weighted by atomic mass is 10.0. The fourth-order valence-corrected chi connectivity index (χ4v) is 1.94. The van der Waals surface area contributed by atoms with Crippen LogP contribution in [0.3, 0.4) is 0 Å². The van der Waals surface area contributed by atoms with Crippen LogP contribution in [-0.4, -0.2) is 41.9 Å². The van der Waals surface area contributed by atoms with Crippen molar-refractivity contribution in [3.8, 4) is 23.8 Å². The predicted molar refractivity (Wildman–Crippen MR) is 89.2 cm³/mol. The Balaban J connectivity index is 2.00. The Morgan fingerprint density at radius 3 is 1.96 bits per heavy atom. The molecule has 0 spiro atoms. The summed E-state index contributed by atoms with van der Waals surface area (Å²) in [5, 5.41) is 18.0. The zero-order chi connectivity index (χ0) is 17.4. The first-order valence-corrected chi connectivity index (χ1v) is 7.37. The van der Waals surface area contributed by atoms with Gasteiger partial charge in [-0.15, -0.1) is 6.42 Å². The van der Waals surface area contributed by atoms with E-state index in [9.17, 15) is 9.90 Å². The maximum absolute atomic E-state index is 12.4. The number of aliphatic hydroxyl groups excluding tert-OH is 2. The van der Waals surface area contributed by atoms with Gasteiger partial charge in [-0.3, -0.25) is 4.79 Å². The minimum Gasteiger partial charge on any atom is -0.491 e. The smallest absolute Gasteiger partial charge is 0.193 e. The van der Waals surface area contributed by atoms with E-state index in [1.54, 1.807) is 48.5 Å². The van der Waals surface area contributed by atoms with Crippen LogP contribution in [0.4, 0.5) is 0 Å². The quantitative estimate of drug-likeness (QED) is 0.570. The van der Waals surface area contributed by atoms with Crippen LogP contribution in [-0.2, 0) is 0 Å². The van der Waals surface area contributed by atoms with Gasteiger partial charge in [-0.2, -0.15) is 0 Å². The minimum atomic E-state index is -0.929. The molecule has 0 radical (unpaired) electrons. The molecule has 2 rings (SSSR count). The van der Waals surface area contributed by atoms with Crippen LogP contribution >= 0.6 is 0 Å². The highest BCUT2D eigenvalue weighted by molar-refractivity contribution is 6.09. The molecule has 1 unspecified atom stereocenters. The second-order valence-corrected chi connectivity index (χ2v) is 5.02. The molecule has 0 amide bonds. The number of hydrogen-bond acceptors (Lipinski definition) is 5. The number of benzene rings is 2. The van der Waals surface area contributed by atoms with Crippen molar-refractivity contribution in [2.45, 2.75) is 6.10 Å². The largest absolute Gasteiger partial charge is 0.491 e. The Kier molecular flexibility index (Phi) is 6.38. The fraction of sp³-hybridized carbons (Fsp3) is 0.211. The molecule has 2 aromatic carbocycles. The Morgan fingerprint density at radius 2 is 1.50 bits per heavy atom. The molecule has 5 heteroatoms. The average Bonchev–Trinajstić information content (AvgIpc) is 2.64. The Hall–Kier alpha value is -2.81. The lowest BCUT2D eigenvalue weighted by molar-refractivity contribution is 0.0536. The van der Waals surface area contributed by atoms with Crippen molar-refractivity contribution >= 4 is 5.78 Å². The Bertz CT molecular complexity index is 698. The molecule has 24 heavy (non-hydrogen) atoms. The van der Waals surface area contributed by atoms with Crippen LogP contribution in [0.25, 0.3) is 0 Å². The van der Waals surface area contributed by atoms with Gasteiger partial charge < -0.3 is 19.7 Å². The summed E-state index contributed by atoms with van der Waals surface area (Å²) >= 11 is 0. The molecule has 0 saturated carbocycles. The molecule has 2 aromatic rings. The maximum atomic E-state index is 12.4. The molecule has 0 heterocycles. The standard InChI is InChI=1S/C19H18O5/c1-2-11-23-17-7-3-14(4-8-17)19(22)15-5-9-18(10-6-15)24-13-16(21)12-20/h1,3-10,16,20-21H,11-13H2. The summed E-state index contributed by atoms with van der Waals surface area (Å²) in [5.41, 5.74) is 1.05. The predicted octanol–water partition coefficient (Wildman–Crippen LogP) is 1.66. The Morgan fingerprint density at radius 1 is 1.00 bits per heavy atom.